The van der Waals surface area contributed by atoms with Crippen LogP contribution in [-0.2, 0) is 17.5 Å². The van der Waals surface area contributed by atoms with Crippen LogP contribution in [0.15, 0.2) is 67.0 Å². The zero-order chi connectivity index (χ0) is 31.0. The highest BCUT2D eigenvalue weighted by Gasteiger charge is 2.36. The number of fused-ring (bicyclic) bond motifs is 2. The van der Waals surface area contributed by atoms with Crippen molar-refractivity contribution in [3.05, 3.63) is 89.6 Å². The fourth-order valence-corrected chi connectivity index (χ4v) is 6.34. The SMILES string of the molecule is O=C(CC1CCC1c1nc2ccc(-c3cccc(C(F)(F)F)c3)cc2[nH]1)c1cn2ccc(CNCCN3CCOCC3)cc2n1. The number of morpholine rings is 1. The Kier molecular flexibility index (Phi) is 8.15. The molecule has 0 radical (unpaired) electrons. The molecule has 1 aliphatic heterocycles. The Morgan fingerprint density at radius 3 is 2.67 bits per heavy atom. The molecule has 45 heavy (non-hydrogen) atoms. The van der Waals surface area contributed by atoms with Crippen molar-refractivity contribution in [2.45, 2.75) is 37.9 Å². The molecule has 7 rings (SSSR count). The summed E-state index contributed by atoms with van der Waals surface area (Å²) in [5, 5.41) is 3.50. The molecule has 1 saturated carbocycles. The van der Waals surface area contributed by atoms with Crippen LogP contribution in [0.2, 0.25) is 0 Å². The van der Waals surface area contributed by atoms with Gasteiger partial charge >= 0.3 is 6.18 Å². The lowest BCUT2D eigenvalue weighted by molar-refractivity contribution is -0.137. The minimum absolute atomic E-state index is 0.0153. The monoisotopic (exact) mass is 616 g/mol. The number of alkyl halides is 3. The van der Waals surface area contributed by atoms with Crippen LogP contribution in [0.1, 0.15) is 52.6 Å². The number of aromatic amines is 1. The zero-order valence-corrected chi connectivity index (χ0v) is 24.8. The van der Waals surface area contributed by atoms with E-state index in [0.717, 1.165) is 99.0 Å². The number of imidazole rings is 2. The van der Waals surface area contributed by atoms with Gasteiger partial charge in [0.1, 0.15) is 17.2 Å². The van der Waals surface area contributed by atoms with E-state index in [0.29, 0.717) is 23.2 Å². The van der Waals surface area contributed by atoms with E-state index in [-0.39, 0.29) is 17.6 Å². The van der Waals surface area contributed by atoms with E-state index in [1.165, 1.54) is 6.07 Å². The Morgan fingerprint density at radius 1 is 1.02 bits per heavy atom. The van der Waals surface area contributed by atoms with Gasteiger partial charge in [0, 0.05) is 57.5 Å². The summed E-state index contributed by atoms with van der Waals surface area (Å²) in [5.41, 5.74) is 4.36. The van der Waals surface area contributed by atoms with Crippen molar-refractivity contribution in [2.24, 2.45) is 5.92 Å². The topological polar surface area (TPSA) is 87.5 Å². The minimum Gasteiger partial charge on any atom is -0.379 e. The van der Waals surface area contributed by atoms with Crippen molar-refractivity contribution in [1.29, 1.82) is 0 Å². The number of Topliss-reactive ketones (excluding diaryl/α,β-unsaturated/α-hetero) is 1. The number of hydrogen-bond acceptors (Lipinski definition) is 6. The molecule has 2 aliphatic rings. The molecule has 1 saturated heterocycles. The fraction of sp³-hybridized carbons (Fsp3) is 0.382. The largest absolute Gasteiger partial charge is 0.416 e. The minimum atomic E-state index is -4.40. The Labute approximate surface area is 258 Å². The molecule has 11 heteroatoms. The number of pyridine rings is 1. The number of nitrogens with zero attached hydrogens (tertiary/aromatic N) is 4. The summed E-state index contributed by atoms with van der Waals surface area (Å²) in [6, 6.07) is 14.9. The van der Waals surface area contributed by atoms with Crippen molar-refractivity contribution in [2.75, 3.05) is 39.4 Å². The molecule has 5 aromatic rings. The van der Waals surface area contributed by atoms with Gasteiger partial charge in [-0.15, -0.1) is 0 Å². The molecule has 3 aromatic heterocycles. The number of carbonyl (C=O) groups excluding carboxylic acids is 1. The molecule has 8 nitrogen and oxygen atoms in total. The Bertz CT molecular complexity index is 1820. The van der Waals surface area contributed by atoms with Crippen LogP contribution >= 0.6 is 0 Å². The third-order valence-corrected chi connectivity index (χ3v) is 9.09. The Balaban J connectivity index is 0.979. The number of halogens is 3. The van der Waals surface area contributed by atoms with Crippen LogP contribution in [0.5, 0.6) is 0 Å². The zero-order valence-electron chi connectivity index (χ0n) is 24.8. The Hall–Kier alpha value is -4.06. The molecule has 234 valence electrons. The standard InChI is InChI=1S/C34H35F3N6O2/c35-34(36,37)26-3-1-2-23(17-26)24-5-7-28-29(18-24)41-33(40-28)27-6-4-25(27)19-31(44)30-21-43-10-8-22(16-32(43)39-30)20-38-9-11-42-12-14-45-15-13-42/h1-3,5,7-8,10,16-18,21,25,27,38H,4,6,9,11-15,19-20H2,(H,40,41). The van der Waals surface area contributed by atoms with Gasteiger partial charge in [0.15, 0.2) is 5.78 Å². The van der Waals surface area contributed by atoms with Crippen molar-refractivity contribution in [3.8, 4) is 11.1 Å². The number of nitrogens with one attached hydrogen (secondary N) is 2. The Morgan fingerprint density at radius 2 is 1.87 bits per heavy atom. The number of H-pyrrole nitrogens is 1. The lowest BCUT2D eigenvalue weighted by atomic mass is 9.70. The smallest absolute Gasteiger partial charge is 0.379 e. The van der Waals surface area contributed by atoms with E-state index in [4.69, 9.17) is 9.72 Å². The van der Waals surface area contributed by atoms with Crippen LogP contribution in [-0.4, -0.2) is 69.4 Å². The van der Waals surface area contributed by atoms with Crippen LogP contribution < -0.4 is 5.32 Å². The second-order valence-corrected chi connectivity index (χ2v) is 12.1. The summed E-state index contributed by atoms with van der Waals surface area (Å²) in [4.78, 5) is 28.5. The number of ketones is 1. The molecule has 0 spiro atoms. The summed E-state index contributed by atoms with van der Waals surface area (Å²) in [6.07, 6.45) is 1.59. The maximum absolute atomic E-state index is 13.3. The molecule has 0 amide bonds. The predicted octanol–water partition coefficient (Wildman–Crippen LogP) is 6.08. The molecule has 0 bridgehead atoms. The van der Waals surface area contributed by atoms with E-state index in [9.17, 15) is 18.0 Å². The summed E-state index contributed by atoms with van der Waals surface area (Å²) < 4.78 is 47.0. The molecule has 4 heterocycles. The maximum Gasteiger partial charge on any atom is 0.416 e. The first-order valence-corrected chi connectivity index (χ1v) is 15.5. The molecule has 1 aliphatic carbocycles. The predicted molar refractivity (Wildman–Crippen MR) is 165 cm³/mol. The molecule has 2 aromatic carbocycles. The third-order valence-electron chi connectivity index (χ3n) is 9.09. The van der Waals surface area contributed by atoms with Crippen molar-refractivity contribution in [1.82, 2.24) is 29.6 Å². The first kappa shape index (κ1) is 29.6. The van der Waals surface area contributed by atoms with Gasteiger partial charge in [-0.1, -0.05) is 18.2 Å². The summed E-state index contributed by atoms with van der Waals surface area (Å²) in [6.45, 7) is 6.18. The highest BCUT2D eigenvalue weighted by Crippen LogP contribution is 2.44. The van der Waals surface area contributed by atoms with E-state index >= 15 is 0 Å². The van der Waals surface area contributed by atoms with Crippen LogP contribution in [0.4, 0.5) is 13.2 Å². The van der Waals surface area contributed by atoms with Gasteiger partial charge in [-0.2, -0.15) is 13.2 Å². The number of aromatic nitrogens is 4. The average molecular weight is 617 g/mol. The summed E-state index contributed by atoms with van der Waals surface area (Å²) in [7, 11) is 0. The van der Waals surface area contributed by atoms with Gasteiger partial charge < -0.3 is 19.4 Å². The number of rotatable bonds is 10. The maximum atomic E-state index is 13.3. The molecular formula is C34H35F3N6O2. The van der Waals surface area contributed by atoms with E-state index in [1.54, 1.807) is 18.3 Å². The second kappa shape index (κ2) is 12.4. The van der Waals surface area contributed by atoms with E-state index in [1.807, 2.05) is 34.9 Å². The number of hydrogen-bond donors (Lipinski definition) is 2. The van der Waals surface area contributed by atoms with Gasteiger partial charge in [0.2, 0.25) is 0 Å². The highest BCUT2D eigenvalue weighted by atomic mass is 19.4. The fourth-order valence-electron chi connectivity index (χ4n) is 6.34. The van der Waals surface area contributed by atoms with Crippen molar-refractivity contribution < 1.29 is 22.7 Å². The number of benzene rings is 2. The molecular weight excluding hydrogens is 581 g/mol. The van der Waals surface area contributed by atoms with Crippen molar-refractivity contribution in [3.63, 3.8) is 0 Å². The molecule has 2 atom stereocenters. The molecule has 2 unspecified atom stereocenters. The summed E-state index contributed by atoms with van der Waals surface area (Å²) in [5.74, 6) is 1.10. The van der Waals surface area contributed by atoms with Gasteiger partial charge in [-0.3, -0.25) is 9.69 Å². The van der Waals surface area contributed by atoms with Gasteiger partial charge in [0.05, 0.1) is 29.8 Å². The first-order chi connectivity index (χ1) is 21.8. The lowest BCUT2D eigenvalue weighted by Crippen LogP contribution is -2.40. The number of carbonyl (C=O) groups is 1. The first-order valence-electron chi connectivity index (χ1n) is 15.5. The highest BCUT2D eigenvalue weighted by molar-refractivity contribution is 5.95. The van der Waals surface area contributed by atoms with Gasteiger partial charge in [0.25, 0.3) is 0 Å². The van der Waals surface area contributed by atoms with Crippen molar-refractivity contribution >= 4 is 22.5 Å². The molecule has 2 fully saturated rings. The van der Waals surface area contributed by atoms with Gasteiger partial charge in [-0.05, 0) is 71.8 Å². The quantitative estimate of drug-likeness (QED) is 0.146. The normalized spacial score (nSPS) is 19.3. The van der Waals surface area contributed by atoms with Crippen LogP contribution in [0.3, 0.4) is 0 Å². The van der Waals surface area contributed by atoms with E-state index < -0.39 is 11.7 Å². The van der Waals surface area contributed by atoms with Crippen LogP contribution in [0, 0.1) is 5.92 Å². The van der Waals surface area contributed by atoms with E-state index in [2.05, 4.69) is 20.2 Å². The number of ether oxygens (including phenoxy) is 1. The van der Waals surface area contributed by atoms with Gasteiger partial charge in [-0.25, -0.2) is 9.97 Å². The van der Waals surface area contributed by atoms with Crippen LogP contribution in [0.25, 0.3) is 27.8 Å². The third kappa shape index (κ3) is 6.51. The average Bonchev–Trinajstić information content (AvgIpc) is 3.65. The molecule has 2 N–H and O–H groups in total. The lowest BCUT2D eigenvalue weighted by Gasteiger charge is -2.34. The summed E-state index contributed by atoms with van der Waals surface area (Å²) >= 11 is 0. The second-order valence-electron chi connectivity index (χ2n) is 12.1.